The molecule has 1 aliphatic heterocycles. The molecule has 1 fully saturated rings. The fourth-order valence-corrected chi connectivity index (χ4v) is 3.29. The molecule has 1 amide bonds. The fraction of sp³-hybridized carbons (Fsp3) is 0.500. The number of rotatable bonds is 4. The van der Waals surface area contributed by atoms with E-state index < -0.39 is 5.60 Å². The molecule has 7 heteroatoms. The first-order chi connectivity index (χ1) is 13.8. The summed E-state index contributed by atoms with van der Waals surface area (Å²) in [6.07, 6.45) is 3.28. The van der Waals surface area contributed by atoms with Gasteiger partial charge in [0.05, 0.1) is 6.61 Å². The van der Waals surface area contributed by atoms with Crippen molar-refractivity contribution in [1.29, 1.82) is 0 Å². The Balaban J connectivity index is 1.62. The predicted molar refractivity (Wildman–Crippen MR) is 112 cm³/mol. The number of anilines is 1. The molecule has 1 N–H and O–H groups in total. The number of aryl methyl sites for hydroxylation is 1. The van der Waals surface area contributed by atoms with Gasteiger partial charge in [0.25, 0.3) is 0 Å². The Labute approximate surface area is 172 Å². The highest BCUT2D eigenvalue weighted by Gasteiger charge is 2.26. The highest BCUT2D eigenvalue weighted by atomic mass is 16.6. The molecule has 1 saturated heterocycles. The van der Waals surface area contributed by atoms with Gasteiger partial charge in [0, 0.05) is 44.5 Å². The molecule has 0 bridgehead atoms. The largest absolute Gasteiger partial charge is 0.444 e. The Morgan fingerprint density at radius 3 is 2.17 bits per heavy atom. The van der Waals surface area contributed by atoms with Crippen molar-refractivity contribution in [2.45, 2.75) is 39.2 Å². The van der Waals surface area contributed by atoms with Gasteiger partial charge in [-0.15, -0.1) is 0 Å². The van der Waals surface area contributed by atoms with Crippen molar-refractivity contribution in [1.82, 2.24) is 14.9 Å². The minimum absolute atomic E-state index is 0.000328. The molecule has 2 aromatic rings. The van der Waals surface area contributed by atoms with Gasteiger partial charge in [-0.3, -0.25) is 0 Å². The van der Waals surface area contributed by atoms with Crippen LogP contribution in [0.4, 0.5) is 10.7 Å². The molecule has 29 heavy (non-hydrogen) atoms. The molecule has 156 valence electrons. The number of aliphatic hydroxyl groups excluding tert-OH is 1. The molecular weight excluding hydrogens is 368 g/mol. The Bertz CT molecular complexity index is 807. The van der Waals surface area contributed by atoms with E-state index in [1.807, 2.05) is 52.0 Å². The Kier molecular flexibility index (Phi) is 6.37. The summed E-state index contributed by atoms with van der Waals surface area (Å²) < 4.78 is 5.44. The first kappa shape index (κ1) is 21.0. The zero-order valence-electron chi connectivity index (χ0n) is 17.6. The third-order valence-corrected chi connectivity index (χ3v) is 4.94. The molecule has 1 aliphatic rings. The van der Waals surface area contributed by atoms with Gasteiger partial charge in [0.15, 0.2) is 0 Å². The van der Waals surface area contributed by atoms with E-state index in [9.17, 15) is 9.90 Å². The molecule has 1 aromatic carbocycles. The van der Waals surface area contributed by atoms with Gasteiger partial charge in [-0.25, -0.2) is 14.8 Å². The number of benzene rings is 1. The van der Waals surface area contributed by atoms with Crippen LogP contribution in [0.5, 0.6) is 0 Å². The van der Waals surface area contributed by atoms with E-state index in [2.05, 4.69) is 14.9 Å². The number of hydrogen-bond acceptors (Lipinski definition) is 6. The van der Waals surface area contributed by atoms with Crippen LogP contribution in [0.25, 0.3) is 0 Å². The number of nitrogens with zero attached hydrogens (tertiary/aromatic N) is 4. The average Bonchev–Trinajstić information content (AvgIpc) is 2.69. The van der Waals surface area contributed by atoms with Gasteiger partial charge in [0.1, 0.15) is 5.60 Å². The average molecular weight is 399 g/mol. The first-order valence-electron chi connectivity index (χ1n) is 9.99. The second-order valence-electron chi connectivity index (χ2n) is 8.42. The lowest BCUT2D eigenvalue weighted by Crippen LogP contribution is -2.50. The summed E-state index contributed by atoms with van der Waals surface area (Å²) in [5.74, 6) is 0.492. The maximum absolute atomic E-state index is 12.2. The van der Waals surface area contributed by atoms with Crippen molar-refractivity contribution >= 4 is 12.0 Å². The SMILES string of the molecule is Cc1ccc(C(CO)c2cnc(N3CCN(C(=O)OC(C)(C)C)CC3)nc2)cc1. The molecule has 2 heterocycles. The van der Waals surface area contributed by atoms with E-state index in [0.717, 1.165) is 11.1 Å². The molecule has 7 nitrogen and oxygen atoms in total. The summed E-state index contributed by atoms with van der Waals surface area (Å²) in [4.78, 5) is 25.0. The number of carbonyl (C=O) groups excluding carboxylic acids is 1. The smallest absolute Gasteiger partial charge is 0.410 e. The minimum Gasteiger partial charge on any atom is -0.444 e. The molecule has 0 saturated carbocycles. The number of piperazine rings is 1. The molecule has 1 aromatic heterocycles. The maximum Gasteiger partial charge on any atom is 0.410 e. The lowest BCUT2D eigenvalue weighted by Gasteiger charge is -2.35. The van der Waals surface area contributed by atoms with Crippen LogP contribution in [0.15, 0.2) is 36.7 Å². The number of aromatic nitrogens is 2. The number of hydrogen-bond donors (Lipinski definition) is 1. The Morgan fingerprint density at radius 1 is 1.07 bits per heavy atom. The van der Waals surface area contributed by atoms with E-state index in [4.69, 9.17) is 4.74 Å². The molecule has 1 atom stereocenters. The number of aliphatic hydroxyl groups is 1. The fourth-order valence-electron chi connectivity index (χ4n) is 3.29. The highest BCUT2D eigenvalue weighted by Crippen LogP contribution is 2.24. The molecular formula is C22H30N4O3. The quantitative estimate of drug-likeness (QED) is 0.853. The Hall–Kier alpha value is -2.67. The van der Waals surface area contributed by atoms with Crippen LogP contribution < -0.4 is 4.90 Å². The third-order valence-electron chi connectivity index (χ3n) is 4.94. The number of ether oxygens (including phenoxy) is 1. The van der Waals surface area contributed by atoms with Crippen LogP contribution in [0.1, 0.15) is 43.4 Å². The summed E-state index contributed by atoms with van der Waals surface area (Å²) in [7, 11) is 0. The molecule has 0 aliphatic carbocycles. The lowest BCUT2D eigenvalue weighted by atomic mass is 9.93. The highest BCUT2D eigenvalue weighted by molar-refractivity contribution is 5.68. The van der Waals surface area contributed by atoms with Crippen LogP contribution in [0.3, 0.4) is 0 Å². The summed E-state index contributed by atoms with van der Waals surface area (Å²) in [5.41, 5.74) is 2.61. The van der Waals surface area contributed by atoms with Crippen molar-refractivity contribution in [2.75, 3.05) is 37.7 Å². The summed E-state index contributed by atoms with van der Waals surface area (Å²) in [5, 5.41) is 9.87. The number of amides is 1. The normalized spacial score (nSPS) is 15.9. The zero-order valence-corrected chi connectivity index (χ0v) is 17.6. The topological polar surface area (TPSA) is 78.8 Å². The zero-order chi connectivity index (χ0) is 21.0. The lowest BCUT2D eigenvalue weighted by molar-refractivity contribution is 0.0240. The standard InChI is InChI=1S/C22H30N4O3/c1-16-5-7-17(8-6-16)19(15-27)18-13-23-20(24-14-18)25-9-11-26(12-10-25)21(28)29-22(2,3)4/h5-8,13-14,19,27H,9-12,15H2,1-4H3. The Morgan fingerprint density at radius 2 is 1.66 bits per heavy atom. The van der Waals surface area contributed by atoms with Crippen LogP contribution in [-0.4, -0.2) is 64.5 Å². The van der Waals surface area contributed by atoms with Crippen LogP contribution >= 0.6 is 0 Å². The van der Waals surface area contributed by atoms with E-state index in [-0.39, 0.29) is 18.6 Å². The van der Waals surface area contributed by atoms with Gasteiger partial charge >= 0.3 is 6.09 Å². The summed E-state index contributed by atoms with van der Waals surface area (Å²) >= 11 is 0. The van der Waals surface area contributed by atoms with Crippen molar-refractivity contribution in [2.24, 2.45) is 0 Å². The third kappa shape index (κ3) is 5.44. The van der Waals surface area contributed by atoms with Gasteiger partial charge in [0.2, 0.25) is 5.95 Å². The van der Waals surface area contributed by atoms with E-state index in [1.54, 1.807) is 17.3 Å². The summed E-state index contributed by atoms with van der Waals surface area (Å²) in [6, 6.07) is 8.13. The second-order valence-corrected chi connectivity index (χ2v) is 8.42. The van der Waals surface area contributed by atoms with Gasteiger partial charge in [-0.2, -0.15) is 0 Å². The van der Waals surface area contributed by atoms with Crippen molar-refractivity contribution in [3.63, 3.8) is 0 Å². The molecule has 1 unspecified atom stereocenters. The van der Waals surface area contributed by atoms with Crippen molar-refractivity contribution in [3.05, 3.63) is 53.3 Å². The second kappa shape index (κ2) is 8.78. The molecule has 0 spiro atoms. The summed E-state index contributed by atoms with van der Waals surface area (Å²) in [6.45, 7) is 10.1. The van der Waals surface area contributed by atoms with E-state index >= 15 is 0 Å². The van der Waals surface area contributed by atoms with Crippen LogP contribution in [0, 0.1) is 6.92 Å². The maximum atomic E-state index is 12.2. The minimum atomic E-state index is -0.492. The van der Waals surface area contributed by atoms with Crippen LogP contribution in [-0.2, 0) is 4.74 Å². The monoisotopic (exact) mass is 398 g/mol. The van der Waals surface area contributed by atoms with Gasteiger partial charge < -0.3 is 19.6 Å². The van der Waals surface area contributed by atoms with E-state index in [1.165, 1.54) is 5.56 Å². The predicted octanol–water partition coefficient (Wildman–Crippen LogP) is 2.97. The van der Waals surface area contributed by atoms with E-state index in [0.29, 0.717) is 32.1 Å². The number of carbonyl (C=O) groups is 1. The molecule has 3 rings (SSSR count). The van der Waals surface area contributed by atoms with Crippen molar-refractivity contribution in [3.8, 4) is 0 Å². The first-order valence-corrected chi connectivity index (χ1v) is 9.99. The van der Waals surface area contributed by atoms with Crippen molar-refractivity contribution < 1.29 is 14.6 Å². The van der Waals surface area contributed by atoms with Crippen LogP contribution in [0.2, 0.25) is 0 Å². The van der Waals surface area contributed by atoms with Gasteiger partial charge in [-0.1, -0.05) is 29.8 Å². The van der Waals surface area contributed by atoms with Gasteiger partial charge in [-0.05, 0) is 38.8 Å². The molecule has 0 radical (unpaired) electrons.